The molecule has 136 valence electrons. The highest BCUT2D eigenvalue weighted by Crippen LogP contribution is 2.33. The summed E-state index contributed by atoms with van der Waals surface area (Å²) in [4.78, 5) is 15.5. The SMILES string of the molecule is Cc1nn(C2CCOCC2)c2[nH]c(-c3c(F)cccc3F)c(O)c(=O)c12. The van der Waals surface area contributed by atoms with Gasteiger partial charge in [-0.2, -0.15) is 5.10 Å². The topological polar surface area (TPSA) is 80.1 Å². The molecule has 1 aliphatic rings. The van der Waals surface area contributed by atoms with Crippen LogP contribution < -0.4 is 5.43 Å². The van der Waals surface area contributed by atoms with Crippen molar-refractivity contribution in [2.24, 2.45) is 0 Å². The average molecular weight is 361 g/mol. The molecular formula is C18H17F2N3O3. The molecule has 1 saturated heterocycles. The summed E-state index contributed by atoms with van der Waals surface area (Å²) in [5, 5.41) is 15.0. The molecule has 4 rings (SSSR count). The van der Waals surface area contributed by atoms with Crippen molar-refractivity contribution in [1.29, 1.82) is 0 Å². The molecule has 2 N–H and O–H groups in total. The zero-order chi connectivity index (χ0) is 18.4. The van der Waals surface area contributed by atoms with Gasteiger partial charge in [0.15, 0.2) is 5.75 Å². The van der Waals surface area contributed by atoms with Crippen molar-refractivity contribution in [3.8, 4) is 17.0 Å². The van der Waals surface area contributed by atoms with Gasteiger partial charge in [0.1, 0.15) is 17.3 Å². The third-order valence-corrected chi connectivity index (χ3v) is 4.76. The van der Waals surface area contributed by atoms with Gasteiger partial charge in [-0.25, -0.2) is 13.5 Å². The number of aromatic hydroxyl groups is 1. The van der Waals surface area contributed by atoms with Crippen LogP contribution in [0.2, 0.25) is 0 Å². The summed E-state index contributed by atoms with van der Waals surface area (Å²) >= 11 is 0. The van der Waals surface area contributed by atoms with E-state index >= 15 is 0 Å². The van der Waals surface area contributed by atoms with Gasteiger partial charge in [0, 0.05) is 13.2 Å². The molecule has 0 aliphatic carbocycles. The Morgan fingerprint density at radius 3 is 2.58 bits per heavy atom. The van der Waals surface area contributed by atoms with Crippen LogP contribution in [-0.4, -0.2) is 33.1 Å². The van der Waals surface area contributed by atoms with E-state index in [-0.39, 0.29) is 17.1 Å². The molecule has 1 aliphatic heterocycles. The Morgan fingerprint density at radius 2 is 1.92 bits per heavy atom. The first-order chi connectivity index (χ1) is 12.5. The lowest BCUT2D eigenvalue weighted by atomic mass is 10.1. The zero-order valence-corrected chi connectivity index (χ0v) is 14.1. The van der Waals surface area contributed by atoms with Crippen LogP contribution in [0.4, 0.5) is 8.78 Å². The molecule has 8 heteroatoms. The number of rotatable bonds is 2. The maximum Gasteiger partial charge on any atom is 0.235 e. The maximum absolute atomic E-state index is 14.2. The van der Waals surface area contributed by atoms with Gasteiger partial charge in [-0.05, 0) is 31.9 Å². The Kier molecular flexibility index (Phi) is 3.99. The van der Waals surface area contributed by atoms with E-state index in [0.717, 1.165) is 12.1 Å². The van der Waals surface area contributed by atoms with E-state index in [2.05, 4.69) is 10.1 Å². The summed E-state index contributed by atoms with van der Waals surface area (Å²) in [6.45, 7) is 2.81. The van der Waals surface area contributed by atoms with Crippen LogP contribution in [0, 0.1) is 18.6 Å². The van der Waals surface area contributed by atoms with Gasteiger partial charge in [-0.1, -0.05) is 6.07 Å². The fourth-order valence-corrected chi connectivity index (χ4v) is 3.46. The number of aromatic nitrogens is 3. The molecule has 6 nitrogen and oxygen atoms in total. The zero-order valence-electron chi connectivity index (χ0n) is 14.1. The number of halogens is 2. The van der Waals surface area contributed by atoms with E-state index in [1.165, 1.54) is 6.07 Å². The van der Waals surface area contributed by atoms with Crippen LogP contribution >= 0.6 is 0 Å². The van der Waals surface area contributed by atoms with E-state index < -0.39 is 28.4 Å². The van der Waals surface area contributed by atoms with Crippen molar-refractivity contribution in [2.75, 3.05) is 13.2 Å². The number of aromatic amines is 1. The second kappa shape index (κ2) is 6.21. The summed E-state index contributed by atoms with van der Waals surface area (Å²) in [6, 6.07) is 3.36. The van der Waals surface area contributed by atoms with Crippen LogP contribution in [0.5, 0.6) is 5.75 Å². The van der Waals surface area contributed by atoms with Crippen molar-refractivity contribution in [3.63, 3.8) is 0 Å². The van der Waals surface area contributed by atoms with E-state index in [1.54, 1.807) is 11.6 Å². The molecule has 0 atom stereocenters. The van der Waals surface area contributed by atoms with Gasteiger partial charge >= 0.3 is 0 Å². The highest BCUT2D eigenvalue weighted by atomic mass is 19.1. The van der Waals surface area contributed by atoms with E-state index in [4.69, 9.17) is 4.74 Å². The van der Waals surface area contributed by atoms with E-state index in [9.17, 15) is 18.7 Å². The Balaban J connectivity index is 2.01. The standard InChI is InChI=1S/C18H17F2N3O3/c1-9-13-16(24)17(25)15(14-11(19)3-2-4-12(14)20)21-18(13)23(22-9)10-5-7-26-8-6-10/h2-4,10,25H,5-8H2,1H3,(H,21,24). The maximum atomic E-state index is 14.2. The number of pyridine rings is 1. The summed E-state index contributed by atoms with van der Waals surface area (Å²) < 4.78 is 35.4. The van der Waals surface area contributed by atoms with Crippen molar-refractivity contribution in [3.05, 3.63) is 45.8 Å². The number of nitrogens with zero attached hydrogens (tertiary/aromatic N) is 2. The number of fused-ring (bicyclic) bond motifs is 1. The minimum Gasteiger partial charge on any atom is -0.503 e. The molecule has 26 heavy (non-hydrogen) atoms. The third kappa shape index (κ3) is 2.48. The number of ether oxygens (including phenoxy) is 1. The molecule has 1 aromatic carbocycles. The largest absolute Gasteiger partial charge is 0.503 e. The number of hydrogen-bond acceptors (Lipinski definition) is 4. The first kappa shape index (κ1) is 16.7. The number of benzene rings is 1. The van der Waals surface area contributed by atoms with Crippen LogP contribution in [0.3, 0.4) is 0 Å². The summed E-state index contributed by atoms with van der Waals surface area (Å²) in [6.07, 6.45) is 1.42. The van der Waals surface area contributed by atoms with E-state index in [1.807, 2.05) is 0 Å². The van der Waals surface area contributed by atoms with Gasteiger partial charge in [0.25, 0.3) is 0 Å². The first-order valence-electron chi connectivity index (χ1n) is 8.35. The quantitative estimate of drug-likeness (QED) is 0.735. The minimum absolute atomic E-state index is 0.00143. The smallest absolute Gasteiger partial charge is 0.235 e. The number of aryl methyl sites for hydroxylation is 1. The summed E-state index contributed by atoms with van der Waals surface area (Å²) in [5.74, 6) is -2.47. The molecule has 0 spiro atoms. The minimum atomic E-state index is -0.871. The Labute approximate surface area is 147 Å². The van der Waals surface area contributed by atoms with Crippen LogP contribution in [0.1, 0.15) is 24.6 Å². The highest BCUT2D eigenvalue weighted by Gasteiger charge is 2.25. The summed E-state index contributed by atoms with van der Waals surface area (Å²) in [5.41, 5.74) is -0.668. The van der Waals surface area contributed by atoms with Crippen LogP contribution in [-0.2, 0) is 4.74 Å². The second-order valence-electron chi connectivity index (χ2n) is 6.37. The van der Waals surface area contributed by atoms with Gasteiger partial charge in [0.05, 0.1) is 28.4 Å². The number of H-pyrrole nitrogens is 1. The van der Waals surface area contributed by atoms with Crippen LogP contribution in [0.15, 0.2) is 23.0 Å². The molecule has 2 aromatic heterocycles. The Morgan fingerprint density at radius 1 is 1.27 bits per heavy atom. The predicted molar refractivity (Wildman–Crippen MR) is 91.2 cm³/mol. The molecule has 0 bridgehead atoms. The van der Waals surface area contributed by atoms with Crippen molar-refractivity contribution in [1.82, 2.24) is 14.8 Å². The van der Waals surface area contributed by atoms with Crippen molar-refractivity contribution >= 4 is 11.0 Å². The Bertz CT molecular complexity index is 1030. The molecule has 0 saturated carbocycles. The molecule has 0 radical (unpaired) electrons. The second-order valence-corrected chi connectivity index (χ2v) is 6.37. The molecule has 1 fully saturated rings. The van der Waals surface area contributed by atoms with Crippen molar-refractivity contribution < 1.29 is 18.6 Å². The molecule has 3 heterocycles. The highest BCUT2D eigenvalue weighted by molar-refractivity contribution is 5.84. The first-order valence-corrected chi connectivity index (χ1v) is 8.35. The van der Waals surface area contributed by atoms with Crippen LogP contribution in [0.25, 0.3) is 22.3 Å². The van der Waals surface area contributed by atoms with Gasteiger partial charge in [-0.15, -0.1) is 0 Å². The lowest BCUT2D eigenvalue weighted by molar-refractivity contribution is 0.0672. The predicted octanol–water partition coefficient (Wildman–Crippen LogP) is 3.04. The molecule has 3 aromatic rings. The molecule has 0 unspecified atom stereocenters. The van der Waals surface area contributed by atoms with Gasteiger partial charge in [-0.3, -0.25) is 4.79 Å². The van der Waals surface area contributed by atoms with Gasteiger partial charge < -0.3 is 14.8 Å². The van der Waals surface area contributed by atoms with E-state index in [0.29, 0.717) is 37.4 Å². The fourth-order valence-electron chi connectivity index (χ4n) is 3.46. The Hall–Kier alpha value is -2.74. The van der Waals surface area contributed by atoms with Crippen molar-refractivity contribution in [2.45, 2.75) is 25.8 Å². The normalized spacial score (nSPS) is 15.7. The third-order valence-electron chi connectivity index (χ3n) is 4.76. The lowest BCUT2D eigenvalue weighted by Gasteiger charge is -2.23. The summed E-state index contributed by atoms with van der Waals surface area (Å²) in [7, 11) is 0. The number of hydrogen-bond donors (Lipinski definition) is 2. The molecular weight excluding hydrogens is 344 g/mol. The van der Waals surface area contributed by atoms with Gasteiger partial charge in [0.2, 0.25) is 5.43 Å². The number of nitrogens with one attached hydrogen (secondary N) is 1. The average Bonchev–Trinajstić information content (AvgIpc) is 2.96. The monoisotopic (exact) mass is 361 g/mol. The molecule has 0 amide bonds. The fraction of sp³-hybridized carbons (Fsp3) is 0.333. The lowest BCUT2D eigenvalue weighted by Crippen LogP contribution is -2.21.